The molecule has 0 saturated heterocycles. The molecular weight excluding hydrogens is 576 g/mol. The molecule has 0 heterocycles. The Hall–Kier alpha value is -3.50. The highest BCUT2D eigenvalue weighted by Gasteiger charge is 2.33. The summed E-state index contributed by atoms with van der Waals surface area (Å²) in [5.41, 5.74) is 8.08. The SMILES string of the molecule is CCCCNC(=O)[C@@H](C[C@H](O)[C@H](C[C@H](CNC(=O)c1ccccc1OCCCN=[N+]=[N-])C(C)C)NC(=O)OC(C)(C)C)C(C)C. The molecule has 1 rings (SSSR count). The lowest BCUT2D eigenvalue weighted by Gasteiger charge is -2.33. The molecule has 0 radical (unpaired) electrons. The molecule has 1 aromatic carbocycles. The number of amides is 3. The van der Waals surface area contributed by atoms with Gasteiger partial charge in [-0.2, -0.15) is 0 Å². The summed E-state index contributed by atoms with van der Waals surface area (Å²) in [4.78, 5) is 41.8. The Morgan fingerprint density at radius 1 is 1.02 bits per heavy atom. The van der Waals surface area contributed by atoms with Crippen LogP contribution in [0, 0.1) is 23.7 Å². The first-order chi connectivity index (χ1) is 21.2. The summed E-state index contributed by atoms with van der Waals surface area (Å²) >= 11 is 0. The number of azide groups is 1. The lowest BCUT2D eigenvalue weighted by molar-refractivity contribution is -0.127. The molecule has 0 spiro atoms. The molecule has 0 aliphatic rings. The standard InChI is InChI=1S/C33H56N6O6/c1-9-10-16-35-31(42)26(23(4)5)20-28(40)27(38-32(43)45-33(6,7)8)19-24(22(2)3)21-36-30(41)25-14-11-12-15-29(25)44-18-13-17-37-39-34/h11-12,14-15,22-24,26-28,40H,9-10,13,16-21H2,1-8H3,(H,35,42)(H,36,41)(H,38,43)/t24-,26+,27+,28+/m1/s1. The van der Waals surface area contributed by atoms with E-state index in [2.05, 4.69) is 32.9 Å². The minimum Gasteiger partial charge on any atom is -0.493 e. The Morgan fingerprint density at radius 2 is 1.71 bits per heavy atom. The van der Waals surface area contributed by atoms with Crippen molar-refractivity contribution in [3.63, 3.8) is 0 Å². The molecule has 45 heavy (non-hydrogen) atoms. The largest absolute Gasteiger partial charge is 0.493 e. The second kappa shape index (κ2) is 20.5. The second-order valence-electron chi connectivity index (χ2n) is 13.2. The van der Waals surface area contributed by atoms with E-state index in [9.17, 15) is 19.5 Å². The van der Waals surface area contributed by atoms with Crippen molar-refractivity contribution in [3.8, 4) is 5.75 Å². The van der Waals surface area contributed by atoms with Crippen LogP contribution < -0.4 is 20.7 Å². The monoisotopic (exact) mass is 632 g/mol. The maximum Gasteiger partial charge on any atom is 0.407 e. The molecule has 1 aromatic rings. The van der Waals surface area contributed by atoms with Gasteiger partial charge in [0.05, 0.1) is 24.3 Å². The molecule has 254 valence electrons. The van der Waals surface area contributed by atoms with Gasteiger partial charge in [0.1, 0.15) is 11.4 Å². The maximum atomic E-state index is 13.2. The van der Waals surface area contributed by atoms with E-state index in [1.54, 1.807) is 45.0 Å². The number of ether oxygens (including phenoxy) is 2. The summed E-state index contributed by atoms with van der Waals surface area (Å²) in [6.45, 7) is 16.7. The third kappa shape index (κ3) is 15.9. The number of nitrogens with zero attached hydrogens (tertiary/aromatic N) is 3. The second-order valence-corrected chi connectivity index (χ2v) is 13.2. The summed E-state index contributed by atoms with van der Waals surface area (Å²) in [7, 11) is 0. The fourth-order valence-corrected chi connectivity index (χ4v) is 4.78. The number of aliphatic hydroxyl groups excluding tert-OH is 1. The quantitative estimate of drug-likeness (QED) is 0.0594. The van der Waals surface area contributed by atoms with Gasteiger partial charge < -0.3 is 30.5 Å². The topological polar surface area (TPSA) is 175 Å². The van der Waals surface area contributed by atoms with Crippen molar-refractivity contribution in [2.24, 2.45) is 28.8 Å². The van der Waals surface area contributed by atoms with Crippen LogP contribution in [-0.2, 0) is 9.53 Å². The maximum absolute atomic E-state index is 13.2. The van der Waals surface area contributed by atoms with Gasteiger partial charge >= 0.3 is 6.09 Å². The molecule has 0 aromatic heterocycles. The molecule has 12 heteroatoms. The molecule has 0 aliphatic carbocycles. The summed E-state index contributed by atoms with van der Waals surface area (Å²) in [6, 6.07) is 6.20. The summed E-state index contributed by atoms with van der Waals surface area (Å²) in [5.74, 6) is -0.506. The van der Waals surface area contributed by atoms with E-state index in [1.807, 2.05) is 27.7 Å². The minimum absolute atomic E-state index is 0.0232. The molecule has 0 fully saturated rings. The van der Waals surface area contributed by atoms with Gasteiger partial charge in [-0.1, -0.05) is 58.3 Å². The van der Waals surface area contributed by atoms with Gasteiger partial charge in [-0.25, -0.2) is 4.79 Å². The zero-order valence-electron chi connectivity index (χ0n) is 28.5. The van der Waals surface area contributed by atoms with Gasteiger partial charge in [0.25, 0.3) is 5.91 Å². The fourth-order valence-electron chi connectivity index (χ4n) is 4.78. The molecule has 0 saturated carbocycles. The average molecular weight is 633 g/mol. The van der Waals surface area contributed by atoms with Crippen LogP contribution in [0.4, 0.5) is 4.79 Å². The summed E-state index contributed by atoms with van der Waals surface area (Å²) < 4.78 is 11.3. The lowest BCUT2D eigenvalue weighted by Crippen LogP contribution is -2.49. The Morgan fingerprint density at radius 3 is 2.31 bits per heavy atom. The molecule has 4 N–H and O–H groups in total. The zero-order valence-corrected chi connectivity index (χ0v) is 28.5. The number of alkyl carbamates (subject to hydrolysis) is 1. The first kappa shape index (κ1) is 39.5. The predicted octanol–water partition coefficient (Wildman–Crippen LogP) is 5.99. The highest BCUT2D eigenvalue weighted by Crippen LogP contribution is 2.25. The Labute approximate surface area is 269 Å². The zero-order chi connectivity index (χ0) is 34.0. The Balaban J connectivity index is 3.09. The molecule has 0 aliphatic heterocycles. The van der Waals surface area contributed by atoms with Crippen molar-refractivity contribution < 1.29 is 29.0 Å². The van der Waals surface area contributed by atoms with Gasteiger partial charge in [0, 0.05) is 30.5 Å². The van der Waals surface area contributed by atoms with Crippen molar-refractivity contribution in [2.45, 2.75) is 105 Å². The number of unbranched alkanes of at least 4 members (excludes halogenated alkanes) is 1. The number of aliphatic hydroxyl groups is 1. The van der Waals surface area contributed by atoms with Gasteiger partial charge in [-0.05, 0) is 81.9 Å². The van der Waals surface area contributed by atoms with Crippen LogP contribution in [0.5, 0.6) is 5.75 Å². The predicted molar refractivity (Wildman–Crippen MR) is 176 cm³/mol. The van der Waals surface area contributed by atoms with Gasteiger partial charge in [-0.15, -0.1) is 0 Å². The normalized spacial score (nSPS) is 14.1. The van der Waals surface area contributed by atoms with Crippen LogP contribution >= 0.6 is 0 Å². The molecule has 12 nitrogen and oxygen atoms in total. The molecule has 3 amide bonds. The van der Waals surface area contributed by atoms with Crippen molar-refractivity contribution in [3.05, 3.63) is 40.3 Å². The minimum atomic E-state index is -1.03. The summed E-state index contributed by atoms with van der Waals surface area (Å²) in [6.07, 6.45) is 1.17. The number of hydrogen-bond donors (Lipinski definition) is 4. The third-order valence-corrected chi connectivity index (χ3v) is 7.51. The van der Waals surface area contributed by atoms with Crippen molar-refractivity contribution >= 4 is 17.9 Å². The number of para-hydroxylation sites is 1. The first-order valence-corrected chi connectivity index (χ1v) is 16.2. The number of nitrogens with one attached hydrogen (secondary N) is 3. The van der Waals surface area contributed by atoms with Crippen LogP contribution in [0.2, 0.25) is 0 Å². The molecule has 0 bridgehead atoms. The van der Waals surface area contributed by atoms with Gasteiger partial charge in [0.2, 0.25) is 5.91 Å². The van der Waals surface area contributed by atoms with E-state index in [4.69, 9.17) is 15.0 Å². The third-order valence-electron chi connectivity index (χ3n) is 7.51. The highest BCUT2D eigenvalue weighted by atomic mass is 16.6. The van der Waals surface area contributed by atoms with Crippen LogP contribution in [-0.4, -0.2) is 67.0 Å². The molecule has 0 unspecified atom stereocenters. The molecule has 4 atom stereocenters. The van der Waals surface area contributed by atoms with Crippen molar-refractivity contribution in [2.75, 3.05) is 26.2 Å². The fraction of sp³-hybridized carbons (Fsp3) is 0.727. The van der Waals surface area contributed by atoms with E-state index in [-0.39, 0.29) is 42.5 Å². The first-order valence-electron chi connectivity index (χ1n) is 16.2. The number of benzene rings is 1. The number of carbonyl (C=O) groups is 3. The number of carbonyl (C=O) groups excluding carboxylic acids is 3. The van der Waals surface area contributed by atoms with E-state index in [0.29, 0.717) is 43.9 Å². The Kier molecular flexibility index (Phi) is 18.0. The van der Waals surface area contributed by atoms with E-state index < -0.39 is 29.8 Å². The smallest absolute Gasteiger partial charge is 0.407 e. The van der Waals surface area contributed by atoms with Crippen molar-refractivity contribution in [1.29, 1.82) is 0 Å². The van der Waals surface area contributed by atoms with Crippen LogP contribution in [0.1, 0.15) is 97.9 Å². The van der Waals surface area contributed by atoms with Gasteiger partial charge in [0.15, 0.2) is 0 Å². The lowest BCUT2D eigenvalue weighted by atomic mass is 9.82. The number of hydrogen-bond acceptors (Lipinski definition) is 7. The van der Waals surface area contributed by atoms with Crippen molar-refractivity contribution in [1.82, 2.24) is 16.0 Å². The van der Waals surface area contributed by atoms with Crippen LogP contribution in [0.25, 0.3) is 10.4 Å². The highest BCUT2D eigenvalue weighted by molar-refractivity contribution is 5.96. The van der Waals surface area contributed by atoms with Crippen LogP contribution in [0.3, 0.4) is 0 Å². The Bertz CT molecular complexity index is 1100. The molecular formula is C33H56N6O6. The van der Waals surface area contributed by atoms with E-state index in [1.165, 1.54) is 0 Å². The van der Waals surface area contributed by atoms with Crippen LogP contribution in [0.15, 0.2) is 29.4 Å². The number of rotatable bonds is 20. The summed E-state index contributed by atoms with van der Waals surface area (Å²) in [5, 5.41) is 23.8. The van der Waals surface area contributed by atoms with Gasteiger partial charge in [-0.3, -0.25) is 9.59 Å². The van der Waals surface area contributed by atoms with E-state index >= 15 is 0 Å². The average Bonchev–Trinajstić information content (AvgIpc) is 2.95. The van der Waals surface area contributed by atoms with E-state index in [0.717, 1.165) is 12.8 Å².